The molecule has 0 amide bonds. The third-order valence-electron chi connectivity index (χ3n) is 2.94. The summed E-state index contributed by atoms with van der Waals surface area (Å²) in [5.41, 5.74) is 3.62. The Morgan fingerprint density at radius 3 is 1.57 bits per heavy atom. The van der Waals surface area contributed by atoms with E-state index in [0.29, 0.717) is 0 Å². The van der Waals surface area contributed by atoms with Crippen LogP contribution >= 0.6 is 0 Å². The Labute approximate surface area is 177 Å². The molecular formula is C26H46N2. The number of benzene rings is 1. The molecule has 1 aromatic rings. The molecule has 1 N–H and O–H groups in total. The van der Waals surface area contributed by atoms with Gasteiger partial charge in [0.1, 0.15) is 0 Å². The van der Waals surface area contributed by atoms with Crippen molar-refractivity contribution in [2.45, 2.75) is 47.1 Å². The molecule has 0 aliphatic rings. The first-order valence-electron chi connectivity index (χ1n) is 9.92. The Kier molecular flexibility index (Phi) is 35.0. The van der Waals surface area contributed by atoms with Crippen molar-refractivity contribution in [3.05, 3.63) is 92.6 Å². The Morgan fingerprint density at radius 1 is 0.964 bits per heavy atom. The van der Waals surface area contributed by atoms with Crippen LogP contribution in [0.4, 0.5) is 5.69 Å². The molecule has 28 heavy (non-hydrogen) atoms. The molecule has 0 spiro atoms. The van der Waals surface area contributed by atoms with E-state index in [4.69, 9.17) is 0 Å². The van der Waals surface area contributed by atoms with E-state index in [0.717, 1.165) is 30.6 Å². The van der Waals surface area contributed by atoms with Crippen LogP contribution in [0, 0.1) is 0 Å². The van der Waals surface area contributed by atoms with E-state index in [1.807, 2.05) is 27.0 Å². The minimum atomic E-state index is 1.00. The fourth-order valence-electron chi connectivity index (χ4n) is 1.29. The van der Waals surface area contributed by atoms with E-state index in [9.17, 15) is 0 Å². The number of nitrogens with zero attached hydrogens (tertiary/aromatic N) is 1. The summed E-state index contributed by atoms with van der Waals surface area (Å²) in [5, 5.41) is 3.09. The average molecular weight is 387 g/mol. The van der Waals surface area contributed by atoms with E-state index in [1.165, 1.54) is 5.56 Å². The molecule has 1 aromatic carbocycles. The summed E-state index contributed by atoms with van der Waals surface area (Å²) < 4.78 is 0. The maximum atomic E-state index is 3.67. The Morgan fingerprint density at radius 2 is 1.39 bits per heavy atom. The van der Waals surface area contributed by atoms with Crippen molar-refractivity contribution in [1.29, 1.82) is 0 Å². The molecule has 0 unspecified atom stereocenters. The molecule has 0 atom stereocenters. The van der Waals surface area contributed by atoms with Crippen molar-refractivity contribution in [2.24, 2.45) is 0 Å². The summed E-state index contributed by atoms with van der Waals surface area (Å²) >= 11 is 0. The molecule has 0 saturated heterocycles. The van der Waals surface area contributed by atoms with E-state index >= 15 is 0 Å². The lowest BCUT2D eigenvalue weighted by atomic mass is 10.2. The second-order valence-electron chi connectivity index (χ2n) is 5.57. The summed E-state index contributed by atoms with van der Waals surface area (Å²) in [6.07, 6.45) is 9.03. The molecule has 0 aliphatic carbocycles. The topological polar surface area (TPSA) is 15.3 Å². The van der Waals surface area contributed by atoms with Gasteiger partial charge in [0.2, 0.25) is 0 Å². The van der Waals surface area contributed by atoms with Crippen LogP contribution in [-0.4, -0.2) is 26.0 Å². The van der Waals surface area contributed by atoms with Crippen molar-refractivity contribution in [3.63, 3.8) is 0 Å². The van der Waals surface area contributed by atoms with Crippen LogP contribution in [0.25, 0.3) is 0 Å². The highest BCUT2D eigenvalue weighted by Crippen LogP contribution is 2.09. The lowest BCUT2D eigenvalue weighted by molar-refractivity contribution is 0.402. The molecule has 160 valence electrons. The van der Waals surface area contributed by atoms with E-state index in [-0.39, 0.29) is 0 Å². The van der Waals surface area contributed by atoms with Crippen molar-refractivity contribution in [1.82, 2.24) is 4.90 Å². The average Bonchev–Trinajstić information content (AvgIpc) is 2.75. The number of allylic oxidation sites excluding steroid dienone is 5. The Bertz CT molecular complexity index is 476. The quantitative estimate of drug-likeness (QED) is 0.378. The summed E-state index contributed by atoms with van der Waals surface area (Å²) in [6, 6.07) is 8.48. The molecule has 0 bridgehead atoms. The monoisotopic (exact) mass is 386 g/mol. The van der Waals surface area contributed by atoms with Crippen LogP contribution in [0.2, 0.25) is 0 Å². The van der Waals surface area contributed by atoms with Crippen LogP contribution < -0.4 is 5.32 Å². The molecule has 0 aromatic heterocycles. The normalized spacial score (nSPS) is 7.86. The summed E-state index contributed by atoms with van der Waals surface area (Å²) in [5.74, 6) is 0. The van der Waals surface area contributed by atoms with Gasteiger partial charge >= 0.3 is 0 Å². The van der Waals surface area contributed by atoms with Gasteiger partial charge in [0.05, 0.1) is 0 Å². The summed E-state index contributed by atoms with van der Waals surface area (Å²) in [4.78, 5) is 2.16. The molecule has 0 heterocycles. The molecular weight excluding hydrogens is 340 g/mol. The maximum Gasteiger partial charge on any atom is 0.0337 e. The number of rotatable bonds is 7. The zero-order chi connectivity index (χ0) is 22.8. The van der Waals surface area contributed by atoms with Crippen LogP contribution in [0.3, 0.4) is 0 Å². The first-order chi connectivity index (χ1) is 13.4. The lowest BCUT2D eigenvalue weighted by Crippen LogP contribution is -2.10. The first-order valence-corrected chi connectivity index (χ1v) is 9.92. The number of hydrogen-bond donors (Lipinski definition) is 1. The van der Waals surface area contributed by atoms with Gasteiger partial charge in [-0.25, -0.2) is 0 Å². The van der Waals surface area contributed by atoms with Crippen molar-refractivity contribution in [3.8, 4) is 0 Å². The van der Waals surface area contributed by atoms with Crippen LogP contribution in [0.15, 0.2) is 87.0 Å². The molecule has 1 rings (SSSR count). The fourth-order valence-corrected chi connectivity index (χ4v) is 1.29. The standard InChI is InChI=1S/C10H16N2.C6H10.C4H8.C4H6.C2H6/c1-11-10-6-4-9(5-7-10)8-12(2)3;1-4-6(3)5-2;2*1-3-4-2;1-2/h4-7,11H,8H2,1-3H3;4H,1,3,5H2,2H3;3H,1,4H2,2H3;3-4H,1-2H2;1-2H3. The van der Waals surface area contributed by atoms with Gasteiger partial charge in [0, 0.05) is 19.3 Å². The molecule has 0 radical (unpaired) electrons. The van der Waals surface area contributed by atoms with E-state index < -0.39 is 0 Å². The van der Waals surface area contributed by atoms with Gasteiger partial charge in [-0.1, -0.05) is 96.0 Å². The minimum Gasteiger partial charge on any atom is -0.388 e. The SMILES string of the molecule is C=CC(=C)CC.C=CC=C.C=CCC.CC.CNc1ccc(CN(C)C)cc1. The Balaban J connectivity index is -0.000000152. The summed E-state index contributed by atoms with van der Waals surface area (Å²) in [6.45, 7) is 26.5. The van der Waals surface area contributed by atoms with Gasteiger partial charge in [-0.05, 0) is 44.6 Å². The third-order valence-corrected chi connectivity index (χ3v) is 2.94. The largest absolute Gasteiger partial charge is 0.388 e. The lowest BCUT2D eigenvalue weighted by Gasteiger charge is -2.09. The number of anilines is 1. The van der Waals surface area contributed by atoms with Crippen LogP contribution in [0.1, 0.15) is 46.1 Å². The highest BCUT2D eigenvalue weighted by molar-refractivity contribution is 5.43. The molecule has 0 fully saturated rings. The molecule has 2 heteroatoms. The van der Waals surface area contributed by atoms with Gasteiger partial charge < -0.3 is 10.2 Å². The molecule has 0 saturated carbocycles. The van der Waals surface area contributed by atoms with Gasteiger partial charge in [-0.15, -0.1) is 6.58 Å². The Hall–Kier alpha value is -2.32. The van der Waals surface area contributed by atoms with Crippen molar-refractivity contribution in [2.75, 3.05) is 26.5 Å². The second-order valence-corrected chi connectivity index (χ2v) is 5.57. The molecule has 0 aliphatic heterocycles. The second kappa shape index (κ2) is 29.4. The highest BCUT2D eigenvalue weighted by atomic mass is 15.0. The van der Waals surface area contributed by atoms with Crippen LogP contribution in [-0.2, 0) is 6.54 Å². The zero-order valence-corrected chi connectivity index (χ0v) is 19.7. The predicted octanol–water partition coefficient (Wildman–Crippen LogP) is 7.90. The van der Waals surface area contributed by atoms with Crippen molar-refractivity contribution < 1.29 is 0 Å². The first kappa shape index (κ1) is 33.3. The fraction of sp³-hybridized carbons (Fsp3) is 0.385. The number of hydrogen-bond acceptors (Lipinski definition) is 2. The third kappa shape index (κ3) is 31.4. The predicted molar refractivity (Wildman–Crippen MR) is 135 cm³/mol. The van der Waals surface area contributed by atoms with Gasteiger partial charge in [0.25, 0.3) is 0 Å². The van der Waals surface area contributed by atoms with E-state index in [2.05, 4.69) is 95.3 Å². The summed E-state index contributed by atoms with van der Waals surface area (Å²) in [7, 11) is 6.08. The zero-order valence-electron chi connectivity index (χ0n) is 19.7. The van der Waals surface area contributed by atoms with E-state index in [1.54, 1.807) is 18.2 Å². The van der Waals surface area contributed by atoms with Crippen molar-refractivity contribution >= 4 is 5.69 Å². The molecule has 2 nitrogen and oxygen atoms in total. The van der Waals surface area contributed by atoms with Gasteiger partial charge in [-0.2, -0.15) is 0 Å². The van der Waals surface area contributed by atoms with Gasteiger partial charge in [-0.3, -0.25) is 0 Å². The number of nitrogens with one attached hydrogen (secondary N) is 1. The minimum absolute atomic E-state index is 1.00. The smallest absolute Gasteiger partial charge is 0.0337 e. The highest BCUT2D eigenvalue weighted by Gasteiger charge is 1.94. The van der Waals surface area contributed by atoms with Gasteiger partial charge in [0.15, 0.2) is 0 Å². The maximum absolute atomic E-state index is 3.67. The van der Waals surface area contributed by atoms with Crippen LogP contribution in [0.5, 0.6) is 0 Å².